The van der Waals surface area contributed by atoms with Gasteiger partial charge < -0.3 is 10.2 Å². The molecule has 1 N–H and O–H groups in total. The first-order valence-electron chi connectivity index (χ1n) is 8.27. The van der Waals surface area contributed by atoms with Crippen LogP contribution in [0.2, 0.25) is 0 Å². The van der Waals surface area contributed by atoms with Gasteiger partial charge in [-0.15, -0.1) is 6.58 Å². The largest absolute Gasteiger partial charge is 0.332 e. The summed E-state index contributed by atoms with van der Waals surface area (Å²) in [7, 11) is 0. The molecule has 2 aromatic carbocycles. The molecule has 1 atom stereocenters. The van der Waals surface area contributed by atoms with Gasteiger partial charge in [0.2, 0.25) is 5.91 Å². The molecule has 132 valence electrons. The van der Waals surface area contributed by atoms with E-state index in [0.29, 0.717) is 11.4 Å². The summed E-state index contributed by atoms with van der Waals surface area (Å²) in [6, 6.07) is 16.4. The second kappa shape index (κ2) is 7.65. The number of rotatable bonds is 6. The molecule has 6 nitrogen and oxygen atoms in total. The number of benzene rings is 2. The lowest BCUT2D eigenvalue weighted by Crippen LogP contribution is -2.38. The Bertz CT molecular complexity index is 821. The van der Waals surface area contributed by atoms with Crippen LogP contribution in [0.5, 0.6) is 0 Å². The van der Waals surface area contributed by atoms with Crippen LogP contribution in [0.25, 0.3) is 0 Å². The average Bonchev–Trinajstić information content (AvgIpc) is 2.87. The van der Waals surface area contributed by atoms with Crippen molar-refractivity contribution in [2.45, 2.75) is 12.5 Å². The minimum Gasteiger partial charge on any atom is -0.326 e. The van der Waals surface area contributed by atoms with Crippen molar-refractivity contribution in [3.8, 4) is 0 Å². The van der Waals surface area contributed by atoms with Gasteiger partial charge in [0.1, 0.15) is 6.04 Å². The highest BCUT2D eigenvalue weighted by molar-refractivity contribution is 6.22. The number of urea groups is 1. The van der Waals surface area contributed by atoms with E-state index < -0.39 is 18.0 Å². The molecule has 1 heterocycles. The molecule has 26 heavy (non-hydrogen) atoms. The Balaban J connectivity index is 1.80. The fourth-order valence-corrected chi connectivity index (χ4v) is 2.90. The first-order chi connectivity index (χ1) is 12.6. The number of imide groups is 1. The van der Waals surface area contributed by atoms with Crippen molar-refractivity contribution in [1.82, 2.24) is 4.90 Å². The maximum atomic E-state index is 12.8. The van der Waals surface area contributed by atoms with Gasteiger partial charge in [-0.2, -0.15) is 0 Å². The summed E-state index contributed by atoms with van der Waals surface area (Å²) in [4.78, 5) is 40.4. The number of hydrogen-bond donors (Lipinski definition) is 1. The highest BCUT2D eigenvalue weighted by Crippen LogP contribution is 2.26. The highest BCUT2D eigenvalue weighted by atomic mass is 16.2. The molecule has 1 aliphatic rings. The molecule has 1 fully saturated rings. The molecule has 0 unspecified atom stereocenters. The Labute approximate surface area is 151 Å². The Kier molecular flexibility index (Phi) is 5.12. The second-order valence-corrected chi connectivity index (χ2v) is 5.87. The van der Waals surface area contributed by atoms with Crippen LogP contribution in [0.1, 0.15) is 6.42 Å². The van der Waals surface area contributed by atoms with Crippen LogP contribution in [0.4, 0.5) is 16.2 Å². The van der Waals surface area contributed by atoms with Crippen LogP contribution in [-0.2, 0) is 9.59 Å². The molecule has 0 aliphatic carbocycles. The Morgan fingerprint density at radius 1 is 1.04 bits per heavy atom. The van der Waals surface area contributed by atoms with Crippen LogP contribution < -0.4 is 10.2 Å². The smallest absolute Gasteiger partial charge is 0.326 e. The van der Waals surface area contributed by atoms with Crippen molar-refractivity contribution in [1.29, 1.82) is 0 Å². The number of nitrogens with zero attached hydrogens (tertiary/aromatic N) is 2. The van der Waals surface area contributed by atoms with Crippen molar-refractivity contribution in [2.75, 3.05) is 16.8 Å². The fraction of sp³-hybridized carbons (Fsp3) is 0.150. The van der Waals surface area contributed by atoms with Gasteiger partial charge >= 0.3 is 6.03 Å². The number of amides is 4. The summed E-state index contributed by atoms with van der Waals surface area (Å²) < 4.78 is 0. The van der Waals surface area contributed by atoms with Crippen LogP contribution in [0.15, 0.2) is 73.3 Å². The lowest BCUT2D eigenvalue weighted by Gasteiger charge is -2.19. The highest BCUT2D eigenvalue weighted by Gasteiger charge is 2.46. The molecule has 3 rings (SSSR count). The summed E-state index contributed by atoms with van der Waals surface area (Å²) >= 11 is 0. The van der Waals surface area contributed by atoms with Gasteiger partial charge in [0.05, 0.1) is 12.1 Å². The molecule has 0 spiro atoms. The summed E-state index contributed by atoms with van der Waals surface area (Å²) in [6.07, 6.45) is 1.43. The third kappa shape index (κ3) is 3.49. The zero-order valence-electron chi connectivity index (χ0n) is 14.2. The van der Waals surface area contributed by atoms with E-state index in [4.69, 9.17) is 0 Å². The Morgan fingerprint density at radius 3 is 2.27 bits per heavy atom. The topological polar surface area (TPSA) is 69.7 Å². The summed E-state index contributed by atoms with van der Waals surface area (Å²) in [5.41, 5.74) is 1.13. The molecular weight excluding hydrogens is 330 g/mol. The van der Waals surface area contributed by atoms with Crippen molar-refractivity contribution in [3.63, 3.8) is 0 Å². The molecular formula is C20H19N3O3. The molecule has 0 radical (unpaired) electrons. The van der Waals surface area contributed by atoms with Gasteiger partial charge in [-0.3, -0.25) is 9.59 Å². The number of carbonyl (C=O) groups is 3. The Morgan fingerprint density at radius 2 is 1.65 bits per heavy atom. The normalized spacial score (nSPS) is 16.7. The molecule has 0 saturated carbocycles. The van der Waals surface area contributed by atoms with Gasteiger partial charge in [-0.05, 0) is 24.3 Å². The van der Waals surface area contributed by atoms with Gasteiger partial charge in [0.15, 0.2) is 0 Å². The van der Waals surface area contributed by atoms with Gasteiger partial charge in [-0.25, -0.2) is 9.69 Å². The van der Waals surface area contributed by atoms with E-state index >= 15 is 0 Å². The van der Waals surface area contributed by atoms with Crippen molar-refractivity contribution < 1.29 is 14.4 Å². The number of para-hydroxylation sites is 2. The zero-order valence-corrected chi connectivity index (χ0v) is 14.2. The minimum atomic E-state index is -0.857. The number of nitrogens with one attached hydrogen (secondary N) is 1. The van der Waals surface area contributed by atoms with Gasteiger partial charge in [-0.1, -0.05) is 42.5 Å². The standard InChI is InChI=1S/C20H19N3O3/c1-2-13-22-17(14-18(24)21-15-9-5-3-6-10-15)19(25)23(20(22)26)16-11-7-4-8-12-16/h2-12,17H,1,13-14H2,(H,21,24)/t17-/m0/s1. The predicted molar refractivity (Wildman–Crippen MR) is 99.7 cm³/mol. The van der Waals surface area contributed by atoms with Crippen LogP contribution >= 0.6 is 0 Å². The van der Waals surface area contributed by atoms with E-state index in [9.17, 15) is 14.4 Å². The van der Waals surface area contributed by atoms with Crippen LogP contribution in [-0.4, -0.2) is 35.3 Å². The van der Waals surface area contributed by atoms with Crippen LogP contribution in [0, 0.1) is 0 Å². The molecule has 0 bridgehead atoms. The summed E-state index contributed by atoms with van der Waals surface area (Å²) in [5.74, 6) is -0.738. The van der Waals surface area contributed by atoms with Gasteiger partial charge in [0, 0.05) is 12.2 Å². The fourth-order valence-electron chi connectivity index (χ4n) is 2.90. The predicted octanol–water partition coefficient (Wildman–Crippen LogP) is 3.04. The van der Waals surface area contributed by atoms with Crippen molar-refractivity contribution in [2.24, 2.45) is 0 Å². The third-order valence-electron chi connectivity index (χ3n) is 4.10. The molecule has 6 heteroatoms. The van der Waals surface area contributed by atoms with E-state index in [-0.39, 0.29) is 18.9 Å². The van der Waals surface area contributed by atoms with E-state index in [1.165, 1.54) is 4.90 Å². The molecule has 1 saturated heterocycles. The number of carbonyl (C=O) groups excluding carboxylic acids is 3. The van der Waals surface area contributed by atoms with Crippen molar-refractivity contribution >= 4 is 29.2 Å². The van der Waals surface area contributed by atoms with Crippen LogP contribution in [0.3, 0.4) is 0 Å². The first kappa shape index (κ1) is 17.4. The molecule has 1 aliphatic heterocycles. The van der Waals surface area contributed by atoms with E-state index in [1.807, 2.05) is 6.07 Å². The number of hydrogen-bond acceptors (Lipinski definition) is 3. The first-order valence-corrected chi connectivity index (χ1v) is 8.27. The van der Waals surface area contributed by atoms with E-state index in [2.05, 4.69) is 11.9 Å². The SMILES string of the molecule is C=CCN1C(=O)N(c2ccccc2)C(=O)[C@@H]1CC(=O)Nc1ccccc1. The molecule has 2 aromatic rings. The zero-order chi connectivity index (χ0) is 18.5. The maximum absolute atomic E-state index is 12.8. The second-order valence-electron chi connectivity index (χ2n) is 5.87. The quantitative estimate of drug-likeness (QED) is 0.644. The van der Waals surface area contributed by atoms with E-state index in [0.717, 1.165) is 4.90 Å². The monoisotopic (exact) mass is 349 g/mol. The number of anilines is 2. The minimum absolute atomic E-state index is 0.114. The molecule has 0 aromatic heterocycles. The third-order valence-corrected chi connectivity index (χ3v) is 4.10. The maximum Gasteiger partial charge on any atom is 0.332 e. The van der Waals surface area contributed by atoms with Gasteiger partial charge in [0.25, 0.3) is 5.91 Å². The summed E-state index contributed by atoms with van der Waals surface area (Å²) in [6.45, 7) is 3.83. The summed E-state index contributed by atoms with van der Waals surface area (Å²) in [5, 5.41) is 2.75. The molecule has 4 amide bonds. The lowest BCUT2D eigenvalue weighted by molar-refractivity contribution is -0.124. The lowest BCUT2D eigenvalue weighted by atomic mass is 10.1. The van der Waals surface area contributed by atoms with Crippen molar-refractivity contribution in [3.05, 3.63) is 73.3 Å². The van der Waals surface area contributed by atoms with E-state index in [1.54, 1.807) is 60.7 Å². The average molecular weight is 349 g/mol. The Hall–Kier alpha value is -3.41.